The van der Waals surface area contributed by atoms with Gasteiger partial charge in [-0.05, 0) is 25.0 Å². The average molecular weight is 271 g/mol. The molecule has 0 aliphatic carbocycles. The predicted molar refractivity (Wildman–Crippen MR) is 68.6 cm³/mol. The monoisotopic (exact) mass is 270 g/mol. The van der Waals surface area contributed by atoms with Crippen molar-refractivity contribution in [2.75, 3.05) is 19.8 Å². The van der Waals surface area contributed by atoms with Crippen molar-refractivity contribution < 1.29 is 16.5 Å². The van der Waals surface area contributed by atoms with Crippen LogP contribution in [0.4, 0.5) is 0 Å². The van der Waals surface area contributed by atoms with Gasteiger partial charge >= 0.3 is 0 Å². The number of hydrogen-bond donors (Lipinski definition) is 0. The zero-order valence-corrected chi connectivity index (χ0v) is 12.5. The molecule has 0 radical (unpaired) electrons. The normalized spacial score (nSPS) is 12.6. The third-order valence-electron chi connectivity index (χ3n) is 2.13. The Kier molecular flexibility index (Phi) is 10.3. The van der Waals surface area contributed by atoms with Crippen LogP contribution in [0.3, 0.4) is 0 Å². The molecular weight excluding hydrogens is 245 g/mol. The van der Waals surface area contributed by atoms with Crippen LogP contribution in [0.2, 0.25) is 0 Å². The number of hydrogen-bond acceptors (Lipinski definition) is 2. The molecule has 0 amide bonds. The van der Waals surface area contributed by atoms with Crippen molar-refractivity contribution >= 4 is 5.84 Å². The molecule has 0 aromatic carbocycles. The van der Waals surface area contributed by atoms with Crippen molar-refractivity contribution in [1.82, 2.24) is 4.90 Å². The van der Waals surface area contributed by atoms with Crippen molar-refractivity contribution in [3.63, 3.8) is 0 Å². The second kappa shape index (κ2) is 9.01. The molecule has 0 spiro atoms. The molecule has 0 aliphatic heterocycles. The molecule has 0 saturated carbocycles. The van der Waals surface area contributed by atoms with Crippen LogP contribution in [0.1, 0.15) is 48.0 Å². The van der Waals surface area contributed by atoms with Gasteiger partial charge in [0.05, 0.1) is 0 Å². The Balaban J connectivity index is 0. The summed E-state index contributed by atoms with van der Waals surface area (Å²) >= 11 is 0. The summed E-state index contributed by atoms with van der Waals surface area (Å²) in [6, 6.07) is 0. The smallest absolute Gasteiger partial charge is 0.00183 e. The van der Waals surface area contributed by atoms with Gasteiger partial charge in [0.1, 0.15) is 0 Å². The molecule has 100 valence electrons. The summed E-state index contributed by atoms with van der Waals surface area (Å²) in [5.41, 5.74) is -0.0158. The molecule has 0 fully saturated rings. The van der Waals surface area contributed by atoms with Gasteiger partial charge < -0.3 is 15.2 Å². The van der Waals surface area contributed by atoms with Crippen LogP contribution in [-0.4, -0.2) is 36.0 Å². The molecule has 0 atom stereocenters. The van der Waals surface area contributed by atoms with Gasteiger partial charge in [0, 0.05) is 23.2 Å². The van der Waals surface area contributed by atoms with Crippen LogP contribution in [-0.2, 0) is 16.5 Å². The van der Waals surface area contributed by atoms with E-state index in [1.165, 1.54) is 0 Å². The second-order valence-electron chi connectivity index (χ2n) is 4.66. The molecule has 0 aliphatic rings. The van der Waals surface area contributed by atoms with Crippen LogP contribution < -0.4 is 0 Å². The maximum atomic E-state index is 4.59. The summed E-state index contributed by atoms with van der Waals surface area (Å²) in [4.78, 5) is 6.88. The molecule has 0 saturated heterocycles. The third-order valence-corrected chi connectivity index (χ3v) is 2.13. The van der Waals surface area contributed by atoms with Gasteiger partial charge in [0.25, 0.3) is 0 Å². The zero-order chi connectivity index (χ0) is 11.9. The number of nitrogens with zero attached hydrogens (tertiary/aromatic N) is 3. The topological polar surface area (TPSA) is 29.7 Å². The fraction of sp³-hybridized carbons (Fsp3) is 0.917. The molecular formula is C12H26N3Ni-. The van der Waals surface area contributed by atoms with Crippen LogP contribution in [0.5, 0.6) is 0 Å². The third kappa shape index (κ3) is 9.17. The molecule has 0 aromatic heterocycles. The molecule has 16 heavy (non-hydrogen) atoms. The number of aliphatic imine (C=N–C) groups is 1. The summed E-state index contributed by atoms with van der Waals surface area (Å²) in [5.74, 6) is 0.981. The minimum atomic E-state index is -0.0158. The summed E-state index contributed by atoms with van der Waals surface area (Å²) in [6.07, 6.45) is 0.915. The van der Waals surface area contributed by atoms with Crippen molar-refractivity contribution in [3.8, 4) is 0 Å². The number of amidine groups is 1. The van der Waals surface area contributed by atoms with E-state index in [0.29, 0.717) is 0 Å². The van der Waals surface area contributed by atoms with Crippen LogP contribution in [0.25, 0.3) is 5.32 Å². The van der Waals surface area contributed by atoms with Gasteiger partial charge in [-0.1, -0.05) is 47.4 Å². The predicted octanol–water partition coefficient (Wildman–Crippen LogP) is 3.26. The van der Waals surface area contributed by atoms with E-state index in [0.717, 1.165) is 32.0 Å². The van der Waals surface area contributed by atoms with E-state index in [1.807, 2.05) is 0 Å². The SMILES string of the molecule is CCC(=NC(C)(C)C)[N-]CN(CC)CC.[Ni]. The molecule has 4 heteroatoms. The second-order valence-corrected chi connectivity index (χ2v) is 4.66. The molecule has 0 N–H and O–H groups in total. The first-order valence-electron chi connectivity index (χ1n) is 5.91. The standard InChI is InChI=1S/C12H26N3.Ni/c1-7-11(14-12(4,5)6)13-10-15(8-2)9-3;/h7-10H2,1-6H3;/q-1;. The van der Waals surface area contributed by atoms with Gasteiger partial charge in [-0.25, -0.2) is 0 Å². The van der Waals surface area contributed by atoms with E-state index < -0.39 is 0 Å². The van der Waals surface area contributed by atoms with Crippen molar-refractivity contribution in [1.29, 1.82) is 0 Å². The first kappa shape index (κ1) is 18.3. The Morgan fingerprint density at radius 2 is 1.62 bits per heavy atom. The van der Waals surface area contributed by atoms with E-state index in [1.54, 1.807) is 0 Å². The van der Waals surface area contributed by atoms with Crippen LogP contribution in [0, 0.1) is 0 Å². The van der Waals surface area contributed by atoms with E-state index in [2.05, 4.69) is 56.8 Å². The molecule has 0 bridgehead atoms. The van der Waals surface area contributed by atoms with E-state index in [9.17, 15) is 0 Å². The Labute approximate surface area is 111 Å². The maximum Gasteiger partial charge on any atom is 0.00183 e. The van der Waals surface area contributed by atoms with Gasteiger partial charge in [0.2, 0.25) is 0 Å². The Hall–Kier alpha value is -0.0765. The van der Waals surface area contributed by atoms with Gasteiger partial charge in [-0.2, -0.15) is 0 Å². The quantitative estimate of drug-likeness (QED) is 0.428. The summed E-state index contributed by atoms with van der Waals surface area (Å²) in [5, 5.41) is 4.55. The van der Waals surface area contributed by atoms with Gasteiger partial charge in [-0.3, -0.25) is 0 Å². The van der Waals surface area contributed by atoms with Crippen LogP contribution >= 0.6 is 0 Å². The summed E-state index contributed by atoms with van der Waals surface area (Å²) < 4.78 is 0. The van der Waals surface area contributed by atoms with Crippen LogP contribution in [0.15, 0.2) is 4.99 Å². The fourth-order valence-electron chi connectivity index (χ4n) is 1.22. The van der Waals surface area contributed by atoms with E-state index in [4.69, 9.17) is 0 Å². The Morgan fingerprint density at radius 1 is 1.12 bits per heavy atom. The fourth-order valence-corrected chi connectivity index (χ4v) is 1.22. The van der Waals surface area contributed by atoms with Crippen molar-refractivity contribution in [2.45, 2.75) is 53.5 Å². The maximum absolute atomic E-state index is 4.59. The van der Waals surface area contributed by atoms with E-state index in [-0.39, 0.29) is 22.0 Å². The first-order chi connectivity index (χ1) is 6.92. The summed E-state index contributed by atoms with van der Waals surface area (Å²) in [7, 11) is 0. The van der Waals surface area contributed by atoms with Gasteiger partial charge in [-0.15, -0.1) is 0 Å². The minimum Gasteiger partial charge on any atom is -0.463 e. The summed E-state index contributed by atoms with van der Waals surface area (Å²) in [6.45, 7) is 15.6. The molecule has 0 heterocycles. The van der Waals surface area contributed by atoms with Gasteiger partial charge in [0.15, 0.2) is 0 Å². The van der Waals surface area contributed by atoms with E-state index >= 15 is 0 Å². The zero-order valence-electron chi connectivity index (χ0n) is 11.5. The first-order valence-corrected chi connectivity index (χ1v) is 5.91. The van der Waals surface area contributed by atoms with Crippen molar-refractivity contribution in [2.24, 2.45) is 4.99 Å². The Morgan fingerprint density at radius 3 is 1.94 bits per heavy atom. The molecule has 3 nitrogen and oxygen atoms in total. The molecule has 0 rings (SSSR count). The molecule has 0 unspecified atom stereocenters. The largest absolute Gasteiger partial charge is 0.463 e. The number of rotatable bonds is 5. The molecule has 0 aromatic rings. The average Bonchev–Trinajstić information content (AvgIpc) is 2.15. The Bertz CT molecular complexity index is 193. The van der Waals surface area contributed by atoms with Crippen molar-refractivity contribution in [3.05, 3.63) is 5.32 Å². The minimum absolute atomic E-state index is 0.